The quantitative estimate of drug-likeness (QED) is 0.183. The Morgan fingerprint density at radius 3 is 2.22 bits per heavy atom. The van der Waals surface area contributed by atoms with E-state index in [0.29, 0.717) is 37.6 Å². The van der Waals surface area contributed by atoms with Gasteiger partial charge in [0.05, 0.1) is 18.1 Å². The zero-order chi connectivity index (χ0) is 35.2. The number of benzene rings is 2. The average Bonchev–Trinajstić information content (AvgIpc) is 3.52. The lowest BCUT2D eigenvalue weighted by atomic mass is 9.83. The number of aliphatic hydroxyl groups is 1. The third-order valence-corrected chi connectivity index (χ3v) is 10.3. The van der Waals surface area contributed by atoms with Crippen LogP contribution >= 0.6 is 0 Å². The molecule has 8 nitrogen and oxygen atoms in total. The maximum atomic E-state index is 13.9. The highest BCUT2D eigenvalue weighted by Gasteiger charge is 2.32. The van der Waals surface area contributed by atoms with Gasteiger partial charge in [-0.05, 0) is 54.2 Å². The molecule has 1 aliphatic carbocycles. The van der Waals surface area contributed by atoms with E-state index in [9.17, 15) is 19.5 Å². The van der Waals surface area contributed by atoms with Crippen molar-refractivity contribution in [1.29, 1.82) is 0 Å². The van der Waals surface area contributed by atoms with Gasteiger partial charge in [-0.25, -0.2) is 0 Å². The Bertz CT molecular complexity index is 1360. The van der Waals surface area contributed by atoms with Gasteiger partial charge in [0.25, 0.3) is 0 Å². The van der Waals surface area contributed by atoms with Gasteiger partial charge in [0.15, 0.2) is 0 Å². The Morgan fingerprint density at radius 2 is 1.59 bits per heavy atom. The maximum Gasteiger partial charge on any atom is 0.243 e. The first kappa shape index (κ1) is 38.1. The smallest absolute Gasteiger partial charge is 0.243 e. The van der Waals surface area contributed by atoms with Gasteiger partial charge in [-0.1, -0.05) is 101 Å². The lowest BCUT2D eigenvalue weighted by molar-refractivity contribution is -0.136. The largest absolute Gasteiger partial charge is 0.391 e. The number of amides is 3. The summed E-state index contributed by atoms with van der Waals surface area (Å²) in [5, 5.41) is 17.2. The third kappa shape index (κ3) is 12.3. The Labute approximate surface area is 294 Å². The average molecular weight is 671 g/mol. The molecule has 1 unspecified atom stereocenters. The number of rotatable bonds is 18. The molecule has 0 spiro atoms. The normalized spacial score (nSPS) is 17.4. The molecule has 0 radical (unpaired) electrons. The predicted octanol–water partition coefficient (Wildman–Crippen LogP) is 5.47. The molecule has 3 N–H and O–H groups in total. The zero-order valence-corrected chi connectivity index (χ0v) is 29.9. The maximum absolute atomic E-state index is 13.9. The Morgan fingerprint density at radius 1 is 0.939 bits per heavy atom. The van der Waals surface area contributed by atoms with Crippen LogP contribution < -0.4 is 10.6 Å². The molecule has 1 fully saturated rings. The summed E-state index contributed by atoms with van der Waals surface area (Å²) in [6, 6.07) is 16.7. The van der Waals surface area contributed by atoms with E-state index in [-0.39, 0.29) is 30.6 Å². The topological polar surface area (TPSA) is 102 Å². The first-order valence-electron chi connectivity index (χ1n) is 18.4. The number of hydrogen-bond donors (Lipinski definition) is 3. The van der Waals surface area contributed by atoms with Crippen LogP contribution in [0, 0.1) is 30.1 Å². The monoisotopic (exact) mass is 670 g/mol. The van der Waals surface area contributed by atoms with Crippen molar-refractivity contribution in [3.05, 3.63) is 71.3 Å². The van der Waals surface area contributed by atoms with Crippen LogP contribution in [0.5, 0.6) is 0 Å². The number of likely N-dealkylation sites (N-methyl/N-ethyl adjacent to an activating group) is 1. The molecule has 1 aliphatic heterocycles. The molecular weight excluding hydrogens is 612 g/mol. The standard InChI is InChI=1S/C41H58N4O4/c1-5-14-36(41(49)43-37(38(46)22-21-30(2)3)26-32-17-10-7-11-18-32)42-40(48)35(25-31-15-8-6-9-16-31)27-39(47)44(4)23-24-45-28-33-19-12-13-20-34(33)29-45/h1,6,8-9,12-13,15-16,19-20,30,32,35-38,46H,7,10-11,14,17-18,21-29H2,2-4H3,(H,42,48)(H,43,49)/t35-,36+,37?,38+/m1/s1. The van der Waals surface area contributed by atoms with Crippen molar-refractivity contribution < 1.29 is 19.5 Å². The van der Waals surface area contributed by atoms with Gasteiger partial charge in [-0.3, -0.25) is 19.3 Å². The van der Waals surface area contributed by atoms with Crippen LogP contribution in [0.3, 0.4) is 0 Å². The van der Waals surface area contributed by atoms with Crippen LogP contribution in [-0.4, -0.2) is 71.0 Å². The predicted molar refractivity (Wildman–Crippen MR) is 195 cm³/mol. The summed E-state index contributed by atoms with van der Waals surface area (Å²) in [6.07, 6.45) is 13.4. The summed E-state index contributed by atoms with van der Waals surface area (Å²) in [7, 11) is 1.79. The van der Waals surface area contributed by atoms with E-state index in [1.165, 1.54) is 30.4 Å². The molecule has 49 heavy (non-hydrogen) atoms. The van der Waals surface area contributed by atoms with Gasteiger partial charge < -0.3 is 20.6 Å². The molecule has 2 aromatic rings. The number of fused-ring (bicyclic) bond motifs is 1. The van der Waals surface area contributed by atoms with Crippen LogP contribution in [0.1, 0.15) is 94.7 Å². The highest BCUT2D eigenvalue weighted by Crippen LogP contribution is 2.29. The van der Waals surface area contributed by atoms with Crippen molar-refractivity contribution in [3.8, 4) is 12.3 Å². The van der Waals surface area contributed by atoms with Gasteiger partial charge >= 0.3 is 0 Å². The van der Waals surface area contributed by atoms with E-state index >= 15 is 0 Å². The number of carbonyl (C=O) groups is 3. The summed E-state index contributed by atoms with van der Waals surface area (Å²) in [5.74, 6) is 1.89. The number of aliphatic hydroxyl groups excluding tert-OH is 1. The number of carbonyl (C=O) groups excluding carboxylic acids is 3. The Hall–Kier alpha value is -3.67. The molecule has 0 saturated heterocycles. The molecule has 1 saturated carbocycles. The molecule has 0 aromatic heterocycles. The van der Waals surface area contributed by atoms with Crippen molar-refractivity contribution >= 4 is 17.7 Å². The molecule has 3 amide bonds. The summed E-state index contributed by atoms with van der Waals surface area (Å²) >= 11 is 0. The fourth-order valence-corrected chi connectivity index (χ4v) is 7.20. The SMILES string of the molecule is C#CC[C@H](NC(=O)[C@@H](CC(=O)N(C)CCN1Cc2ccccc2C1)Cc1ccccc1)C(=O)NC(CC1CCCCC1)[C@@H](O)CCC(C)C. The van der Waals surface area contributed by atoms with Gasteiger partial charge in [0.1, 0.15) is 6.04 Å². The minimum atomic E-state index is -0.966. The van der Waals surface area contributed by atoms with Crippen LogP contribution in [0.15, 0.2) is 54.6 Å². The van der Waals surface area contributed by atoms with Gasteiger partial charge in [-0.15, -0.1) is 12.3 Å². The lowest BCUT2D eigenvalue weighted by Gasteiger charge is -2.32. The van der Waals surface area contributed by atoms with Crippen LogP contribution in [0.4, 0.5) is 0 Å². The molecule has 4 atom stereocenters. The summed E-state index contributed by atoms with van der Waals surface area (Å²) in [6.45, 7) is 7.28. The second-order valence-electron chi connectivity index (χ2n) is 14.7. The van der Waals surface area contributed by atoms with Gasteiger partial charge in [0.2, 0.25) is 17.7 Å². The molecular formula is C41H58N4O4. The molecule has 2 aliphatic rings. The Kier molecular flexibility index (Phi) is 15.2. The Balaban J connectivity index is 1.40. The van der Waals surface area contributed by atoms with E-state index in [0.717, 1.165) is 44.5 Å². The number of hydrogen-bond acceptors (Lipinski definition) is 5. The molecule has 1 heterocycles. The fraction of sp³-hybridized carbons (Fsp3) is 0.585. The summed E-state index contributed by atoms with van der Waals surface area (Å²) in [5.41, 5.74) is 3.59. The van der Waals surface area contributed by atoms with E-state index in [1.54, 1.807) is 11.9 Å². The van der Waals surface area contributed by atoms with Crippen molar-refractivity contribution in [3.63, 3.8) is 0 Å². The second-order valence-corrected chi connectivity index (χ2v) is 14.7. The highest BCUT2D eigenvalue weighted by atomic mass is 16.3. The van der Waals surface area contributed by atoms with Crippen LogP contribution in [0.2, 0.25) is 0 Å². The minimum Gasteiger partial charge on any atom is -0.391 e. The molecule has 2 aromatic carbocycles. The van der Waals surface area contributed by atoms with Crippen LogP contribution in [-0.2, 0) is 33.9 Å². The molecule has 8 heteroatoms. The van der Waals surface area contributed by atoms with E-state index < -0.39 is 24.1 Å². The van der Waals surface area contributed by atoms with Gasteiger partial charge in [0, 0.05) is 46.1 Å². The lowest BCUT2D eigenvalue weighted by Crippen LogP contribution is -2.54. The molecule has 4 rings (SSSR count). The first-order valence-corrected chi connectivity index (χ1v) is 18.4. The van der Waals surface area contributed by atoms with E-state index in [1.807, 2.05) is 30.3 Å². The first-order chi connectivity index (χ1) is 23.6. The second kappa shape index (κ2) is 19.5. The van der Waals surface area contributed by atoms with Gasteiger partial charge in [-0.2, -0.15) is 0 Å². The number of terminal acetylenes is 1. The van der Waals surface area contributed by atoms with Crippen molar-refractivity contribution in [1.82, 2.24) is 20.4 Å². The van der Waals surface area contributed by atoms with E-state index in [2.05, 4.69) is 59.6 Å². The molecule has 0 bridgehead atoms. The third-order valence-electron chi connectivity index (χ3n) is 10.3. The summed E-state index contributed by atoms with van der Waals surface area (Å²) in [4.78, 5) is 45.2. The zero-order valence-electron chi connectivity index (χ0n) is 29.9. The van der Waals surface area contributed by atoms with Crippen molar-refractivity contribution in [2.75, 3.05) is 20.1 Å². The summed E-state index contributed by atoms with van der Waals surface area (Å²) < 4.78 is 0. The highest BCUT2D eigenvalue weighted by molar-refractivity contribution is 5.91. The number of nitrogens with zero attached hydrogens (tertiary/aromatic N) is 2. The van der Waals surface area contributed by atoms with Crippen molar-refractivity contribution in [2.45, 2.75) is 116 Å². The number of nitrogens with one attached hydrogen (secondary N) is 2. The van der Waals surface area contributed by atoms with Crippen molar-refractivity contribution in [2.24, 2.45) is 17.8 Å². The minimum absolute atomic E-state index is 0.0138. The van der Waals surface area contributed by atoms with Crippen LogP contribution in [0.25, 0.3) is 0 Å². The fourth-order valence-electron chi connectivity index (χ4n) is 7.20. The van der Waals surface area contributed by atoms with E-state index in [4.69, 9.17) is 6.42 Å². The molecule has 266 valence electrons.